The molecule has 1 aromatic rings. The first-order chi connectivity index (χ1) is 11.3. The van der Waals surface area contributed by atoms with Crippen LogP contribution in [0.4, 0.5) is 0 Å². The first-order valence-electron chi connectivity index (χ1n) is 8.59. The Morgan fingerprint density at radius 3 is 2.56 bits per heavy atom. The van der Waals surface area contributed by atoms with Gasteiger partial charge in [0.25, 0.3) is 5.56 Å². The second-order valence-corrected chi connectivity index (χ2v) is 13.4. The molecule has 1 fully saturated rings. The molecule has 0 radical (unpaired) electrons. The summed E-state index contributed by atoms with van der Waals surface area (Å²) in [6.07, 6.45) is 1.02. The van der Waals surface area contributed by atoms with Crippen molar-refractivity contribution in [1.82, 2.24) is 9.55 Å². The van der Waals surface area contributed by atoms with Crippen LogP contribution in [0.5, 0.6) is 0 Å². The highest BCUT2D eigenvalue weighted by atomic mass is 28.4. The molecule has 8 heteroatoms. The van der Waals surface area contributed by atoms with Crippen molar-refractivity contribution in [2.45, 2.75) is 77.1 Å². The Balaban J connectivity index is 2.35. The quantitative estimate of drug-likeness (QED) is 0.790. The third kappa shape index (κ3) is 3.81. The third-order valence-corrected chi connectivity index (χ3v) is 10.0. The van der Waals surface area contributed by atoms with E-state index in [9.17, 15) is 14.7 Å². The Hall–Kier alpha value is -1.22. The number of ether oxygens (including phenoxy) is 1. The number of hydrogen-bond acceptors (Lipinski definition) is 5. The highest BCUT2D eigenvalue weighted by Crippen LogP contribution is 2.44. The molecule has 1 aromatic heterocycles. The standard InChI is InChI=1S/C17H30N2O5Si/c1-11-9-19(15(22)18-14(11)21)13-8-12(17(5,10-20)23-13)24-25(6,7)16(2,3)4/h9,12-13,20H,8,10H2,1-7H3,(H,18,21,22)/t12-,13+,17-/m0/s1. The van der Waals surface area contributed by atoms with E-state index >= 15 is 0 Å². The summed E-state index contributed by atoms with van der Waals surface area (Å²) in [6, 6.07) is 0. The van der Waals surface area contributed by atoms with Gasteiger partial charge in [0, 0.05) is 18.2 Å². The van der Waals surface area contributed by atoms with Gasteiger partial charge in [-0.2, -0.15) is 0 Å². The van der Waals surface area contributed by atoms with Gasteiger partial charge in [-0.1, -0.05) is 20.8 Å². The van der Waals surface area contributed by atoms with Crippen LogP contribution in [0.1, 0.15) is 45.9 Å². The van der Waals surface area contributed by atoms with Gasteiger partial charge in [-0.05, 0) is 32.0 Å². The molecule has 0 aromatic carbocycles. The van der Waals surface area contributed by atoms with Crippen LogP contribution in [0.25, 0.3) is 0 Å². The van der Waals surface area contributed by atoms with Crippen molar-refractivity contribution in [1.29, 1.82) is 0 Å². The Labute approximate surface area is 149 Å². The maximum atomic E-state index is 12.2. The lowest BCUT2D eigenvalue weighted by Crippen LogP contribution is -2.50. The van der Waals surface area contributed by atoms with Crippen LogP contribution in [0.15, 0.2) is 15.8 Å². The second kappa shape index (κ2) is 6.50. The molecule has 0 saturated carbocycles. The van der Waals surface area contributed by atoms with Gasteiger partial charge >= 0.3 is 5.69 Å². The summed E-state index contributed by atoms with van der Waals surface area (Å²) in [5.74, 6) is 0. The molecule has 0 bridgehead atoms. The van der Waals surface area contributed by atoms with E-state index in [2.05, 4.69) is 38.8 Å². The van der Waals surface area contributed by atoms with Gasteiger partial charge in [0.05, 0.1) is 12.7 Å². The summed E-state index contributed by atoms with van der Waals surface area (Å²) >= 11 is 0. The molecule has 0 unspecified atom stereocenters. The van der Waals surface area contributed by atoms with Crippen molar-refractivity contribution >= 4 is 8.32 Å². The number of nitrogens with zero attached hydrogens (tertiary/aromatic N) is 1. The van der Waals surface area contributed by atoms with Crippen molar-refractivity contribution < 1.29 is 14.3 Å². The molecule has 0 amide bonds. The van der Waals surface area contributed by atoms with Gasteiger partial charge in [-0.15, -0.1) is 0 Å². The Morgan fingerprint density at radius 1 is 1.44 bits per heavy atom. The summed E-state index contributed by atoms with van der Waals surface area (Å²) in [5.41, 5.74) is -1.39. The second-order valence-electron chi connectivity index (χ2n) is 8.62. The molecular weight excluding hydrogens is 340 g/mol. The summed E-state index contributed by atoms with van der Waals surface area (Å²) in [4.78, 5) is 26.0. The normalized spacial score (nSPS) is 27.7. The predicted octanol–water partition coefficient (Wildman–Crippen LogP) is 1.91. The Morgan fingerprint density at radius 2 is 2.04 bits per heavy atom. The summed E-state index contributed by atoms with van der Waals surface area (Å²) in [6.45, 7) is 14.0. The zero-order valence-electron chi connectivity index (χ0n) is 16.2. The third-order valence-electron chi connectivity index (χ3n) is 5.52. The molecule has 3 atom stereocenters. The minimum atomic E-state index is -2.08. The summed E-state index contributed by atoms with van der Waals surface area (Å²) in [5, 5.41) is 9.91. The number of aromatic amines is 1. The zero-order valence-corrected chi connectivity index (χ0v) is 17.2. The largest absolute Gasteiger partial charge is 0.411 e. The molecule has 1 aliphatic rings. The number of hydrogen-bond donors (Lipinski definition) is 2. The number of aryl methyl sites for hydroxylation is 1. The highest BCUT2D eigenvalue weighted by Gasteiger charge is 2.50. The predicted molar refractivity (Wildman–Crippen MR) is 98.4 cm³/mol. The van der Waals surface area contributed by atoms with E-state index in [4.69, 9.17) is 9.16 Å². The van der Waals surface area contributed by atoms with Crippen molar-refractivity contribution in [3.05, 3.63) is 32.6 Å². The first-order valence-corrected chi connectivity index (χ1v) is 11.5. The van der Waals surface area contributed by atoms with E-state index < -0.39 is 31.4 Å². The lowest BCUT2D eigenvalue weighted by atomic mass is 10.0. The molecule has 1 aliphatic heterocycles. The number of aliphatic hydroxyl groups is 1. The topological polar surface area (TPSA) is 93.6 Å². The Kier molecular flexibility index (Phi) is 5.22. The fourth-order valence-electron chi connectivity index (χ4n) is 2.68. The number of rotatable bonds is 4. The molecule has 25 heavy (non-hydrogen) atoms. The molecule has 0 spiro atoms. The van der Waals surface area contributed by atoms with Crippen LogP contribution in [-0.2, 0) is 9.16 Å². The van der Waals surface area contributed by atoms with Crippen LogP contribution < -0.4 is 11.2 Å². The smallest absolute Gasteiger partial charge is 0.330 e. The molecular formula is C17H30N2O5Si. The monoisotopic (exact) mass is 370 g/mol. The van der Waals surface area contributed by atoms with Gasteiger partial charge in [-0.3, -0.25) is 14.3 Å². The lowest BCUT2D eigenvalue weighted by Gasteiger charge is -2.41. The fraction of sp³-hybridized carbons (Fsp3) is 0.765. The highest BCUT2D eigenvalue weighted by molar-refractivity contribution is 6.74. The molecule has 142 valence electrons. The van der Waals surface area contributed by atoms with Gasteiger partial charge in [0.2, 0.25) is 0 Å². The Bertz CT molecular complexity index is 749. The van der Waals surface area contributed by atoms with E-state index in [1.165, 1.54) is 10.8 Å². The van der Waals surface area contributed by atoms with Gasteiger partial charge < -0.3 is 14.3 Å². The van der Waals surface area contributed by atoms with Crippen molar-refractivity contribution in [2.24, 2.45) is 0 Å². The maximum absolute atomic E-state index is 12.2. The van der Waals surface area contributed by atoms with Gasteiger partial charge in [-0.25, -0.2) is 4.79 Å². The minimum Gasteiger partial charge on any atom is -0.411 e. The zero-order chi connectivity index (χ0) is 19.2. The molecule has 7 nitrogen and oxygen atoms in total. The van der Waals surface area contributed by atoms with Crippen LogP contribution >= 0.6 is 0 Å². The molecule has 0 aliphatic carbocycles. The number of nitrogens with one attached hydrogen (secondary N) is 1. The van der Waals surface area contributed by atoms with Crippen molar-refractivity contribution in [3.8, 4) is 0 Å². The van der Waals surface area contributed by atoms with Crippen LogP contribution in [0, 0.1) is 6.92 Å². The van der Waals surface area contributed by atoms with Crippen molar-refractivity contribution in [3.63, 3.8) is 0 Å². The van der Waals surface area contributed by atoms with Gasteiger partial charge in [0.15, 0.2) is 8.32 Å². The molecule has 2 heterocycles. The van der Waals surface area contributed by atoms with Crippen LogP contribution in [0.2, 0.25) is 18.1 Å². The first kappa shape index (κ1) is 20.1. The number of H-pyrrole nitrogens is 1. The van der Waals surface area contributed by atoms with E-state index in [0.717, 1.165) is 0 Å². The minimum absolute atomic E-state index is 0.0207. The van der Waals surface area contributed by atoms with Crippen LogP contribution in [-0.4, -0.2) is 41.3 Å². The van der Waals surface area contributed by atoms with Crippen LogP contribution in [0.3, 0.4) is 0 Å². The molecule has 2 N–H and O–H groups in total. The molecule has 1 saturated heterocycles. The summed E-state index contributed by atoms with van der Waals surface area (Å²) < 4.78 is 13.9. The lowest BCUT2D eigenvalue weighted by molar-refractivity contribution is -0.114. The van der Waals surface area contributed by atoms with E-state index in [0.29, 0.717) is 12.0 Å². The average Bonchev–Trinajstić information content (AvgIpc) is 2.79. The van der Waals surface area contributed by atoms with E-state index in [1.807, 2.05) is 0 Å². The molecule has 2 rings (SSSR count). The number of aliphatic hydroxyl groups excluding tert-OH is 1. The van der Waals surface area contributed by atoms with Crippen molar-refractivity contribution in [2.75, 3.05) is 6.61 Å². The maximum Gasteiger partial charge on any atom is 0.330 e. The summed E-state index contributed by atoms with van der Waals surface area (Å²) in [7, 11) is -2.08. The van der Waals surface area contributed by atoms with Gasteiger partial charge in [0.1, 0.15) is 11.8 Å². The SMILES string of the molecule is Cc1cn([C@H]2C[C@H](O[Si](C)(C)C(C)(C)C)[C@](C)(CO)O2)c(=O)[nH]c1=O. The average molecular weight is 371 g/mol. The fourth-order valence-corrected chi connectivity index (χ4v) is 4.09. The number of aromatic nitrogens is 2. The van der Waals surface area contributed by atoms with E-state index in [1.54, 1.807) is 13.8 Å². The van der Waals surface area contributed by atoms with E-state index in [-0.39, 0.29) is 17.7 Å².